The number of carboxylic acid groups (broad SMARTS) is 1. The van der Waals surface area contributed by atoms with Crippen molar-refractivity contribution in [1.29, 1.82) is 0 Å². The molecule has 1 amide bonds. The van der Waals surface area contributed by atoms with Gasteiger partial charge in [-0.25, -0.2) is 4.79 Å². The van der Waals surface area contributed by atoms with Gasteiger partial charge in [-0.2, -0.15) is 0 Å². The summed E-state index contributed by atoms with van der Waals surface area (Å²) in [5.41, 5.74) is 2.09. The first-order chi connectivity index (χ1) is 16.5. The predicted molar refractivity (Wildman–Crippen MR) is 136 cm³/mol. The van der Waals surface area contributed by atoms with Gasteiger partial charge in [0.25, 0.3) is 5.56 Å². The third kappa shape index (κ3) is 6.59. The second-order valence-corrected chi connectivity index (χ2v) is 9.81. The Morgan fingerprint density at radius 1 is 1.09 bits per heavy atom. The summed E-state index contributed by atoms with van der Waals surface area (Å²) in [5, 5.41) is 14.9. The minimum atomic E-state index is -1.30. The molecular formula is C28H31N2O5-. The molecule has 0 atom stereocenters. The Morgan fingerprint density at radius 3 is 2.37 bits per heavy atom. The van der Waals surface area contributed by atoms with Crippen LogP contribution in [0, 0.1) is 5.92 Å². The van der Waals surface area contributed by atoms with E-state index in [2.05, 4.69) is 5.32 Å². The van der Waals surface area contributed by atoms with Crippen LogP contribution in [-0.4, -0.2) is 22.2 Å². The molecule has 7 nitrogen and oxygen atoms in total. The van der Waals surface area contributed by atoms with Crippen LogP contribution in [0.5, 0.6) is 0 Å². The summed E-state index contributed by atoms with van der Waals surface area (Å²) in [4.78, 5) is 37.0. The van der Waals surface area contributed by atoms with Crippen molar-refractivity contribution in [3.63, 3.8) is 0 Å². The van der Waals surface area contributed by atoms with Crippen molar-refractivity contribution in [2.24, 2.45) is 5.92 Å². The van der Waals surface area contributed by atoms with Crippen LogP contribution in [0.2, 0.25) is 0 Å². The molecule has 0 saturated carbocycles. The topological polar surface area (TPSA) is 100 Å². The predicted octanol–water partition coefficient (Wildman–Crippen LogP) is 4.11. The third-order valence-electron chi connectivity index (χ3n) is 5.22. The number of pyridine rings is 1. The summed E-state index contributed by atoms with van der Waals surface area (Å²) in [7, 11) is 0. The molecule has 0 aliphatic carbocycles. The highest BCUT2D eigenvalue weighted by Gasteiger charge is 2.21. The first-order valence-corrected chi connectivity index (χ1v) is 11.6. The lowest BCUT2D eigenvalue weighted by Crippen LogP contribution is -2.35. The minimum absolute atomic E-state index is 0.0795. The van der Waals surface area contributed by atoms with Crippen LogP contribution in [0.25, 0.3) is 28.0 Å². The number of hydrogen-bond acceptors (Lipinski definition) is 5. The molecule has 0 aliphatic heterocycles. The van der Waals surface area contributed by atoms with Gasteiger partial charge in [-0.3, -0.25) is 4.79 Å². The first-order valence-electron chi connectivity index (χ1n) is 11.6. The standard InChI is InChI=1S/C28H32N2O5/c1-18(2)17-30-23(16-29-27(34)35-28(3,4)5)25(20-9-7-6-8-10-20)22-15-19(12-14-24(31)32)11-13-21(22)26(30)33/h6-15,18H,16-17H2,1-5H3,(H,29,34)(H,31,32)/p-1/b14-12+. The number of rotatable bonds is 7. The number of carboxylic acids is 1. The van der Waals surface area contributed by atoms with E-state index in [4.69, 9.17) is 4.74 Å². The molecule has 0 spiro atoms. The number of hydrogen-bond donors (Lipinski definition) is 1. The Labute approximate surface area is 205 Å². The molecule has 0 aliphatic rings. The van der Waals surface area contributed by atoms with Crippen LogP contribution < -0.4 is 16.0 Å². The second kappa shape index (κ2) is 10.6. The summed E-state index contributed by atoms with van der Waals surface area (Å²) < 4.78 is 7.12. The van der Waals surface area contributed by atoms with Gasteiger partial charge in [0, 0.05) is 23.2 Å². The molecule has 3 aromatic rings. The van der Waals surface area contributed by atoms with Crippen LogP contribution in [0.1, 0.15) is 45.9 Å². The van der Waals surface area contributed by atoms with Gasteiger partial charge in [0.05, 0.1) is 12.5 Å². The molecule has 0 bridgehead atoms. The van der Waals surface area contributed by atoms with Gasteiger partial charge in [0.15, 0.2) is 0 Å². The van der Waals surface area contributed by atoms with Gasteiger partial charge in [-0.15, -0.1) is 0 Å². The maximum atomic E-state index is 13.6. The maximum Gasteiger partial charge on any atom is 0.407 e. The third-order valence-corrected chi connectivity index (χ3v) is 5.22. The van der Waals surface area contributed by atoms with E-state index >= 15 is 0 Å². The Kier molecular flexibility index (Phi) is 7.79. The average Bonchev–Trinajstić information content (AvgIpc) is 2.77. The lowest BCUT2D eigenvalue weighted by molar-refractivity contribution is -0.297. The highest BCUT2D eigenvalue weighted by atomic mass is 16.6. The van der Waals surface area contributed by atoms with Crippen molar-refractivity contribution in [3.05, 3.63) is 76.2 Å². The van der Waals surface area contributed by atoms with Crippen LogP contribution >= 0.6 is 0 Å². The smallest absolute Gasteiger partial charge is 0.407 e. The quantitative estimate of drug-likeness (QED) is 0.518. The number of ether oxygens (including phenoxy) is 1. The molecule has 7 heteroatoms. The fourth-order valence-corrected chi connectivity index (χ4v) is 3.92. The van der Waals surface area contributed by atoms with E-state index in [0.29, 0.717) is 28.6 Å². The molecule has 0 radical (unpaired) electrons. The van der Waals surface area contributed by atoms with Gasteiger partial charge >= 0.3 is 6.09 Å². The zero-order valence-corrected chi connectivity index (χ0v) is 20.8. The van der Waals surface area contributed by atoms with E-state index in [9.17, 15) is 19.5 Å². The summed E-state index contributed by atoms with van der Waals surface area (Å²) >= 11 is 0. The fourth-order valence-electron chi connectivity index (χ4n) is 3.92. The molecule has 0 fully saturated rings. The van der Waals surface area contributed by atoms with Gasteiger partial charge in [-0.05, 0) is 61.4 Å². The number of carbonyl (C=O) groups is 2. The molecule has 0 saturated heterocycles. The molecule has 1 aromatic heterocycles. The fraction of sp³-hybridized carbons (Fsp3) is 0.321. The highest BCUT2D eigenvalue weighted by molar-refractivity contribution is 5.99. The van der Waals surface area contributed by atoms with Gasteiger partial charge in [-0.1, -0.05) is 56.3 Å². The van der Waals surface area contributed by atoms with Crippen molar-refractivity contribution >= 4 is 28.9 Å². The van der Waals surface area contributed by atoms with E-state index in [1.165, 1.54) is 6.08 Å². The minimum Gasteiger partial charge on any atom is -0.545 e. The second-order valence-electron chi connectivity index (χ2n) is 9.81. The Balaban J connectivity index is 2.29. The van der Waals surface area contributed by atoms with Crippen molar-refractivity contribution in [2.45, 2.75) is 53.3 Å². The van der Waals surface area contributed by atoms with Gasteiger partial charge in [0.2, 0.25) is 0 Å². The molecule has 2 aromatic carbocycles. The molecular weight excluding hydrogens is 444 g/mol. The van der Waals surface area contributed by atoms with Crippen molar-refractivity contribution in [1.82, 2.24) is 9.88 Å². The monoisotopic (exact) mass is 475 g/mol. The first kappa shape index (κ1) is 25.7. The number of amides is 1. The number of aliphatic carboxylic acids is 1. The Morgan fingerprint density at radius 2 is 1.77 bits per heavy atom. The number of aromatic nitrogens is 1. The average molecular weight is 476 g/mol. The molecule has 1 heterocycles. The van der Waals surface area contributed by atoms with E-state index < -0.39 is 17.7 Å². The maximum absolute atomic E-state index is 13.6. The lowest BCUT2D eigenvalue weighted by atomic mass is 9.94. The number of carbonyl (C=O) groups excluding carboxylic acids is 2. The summed E-state index contributed by atoms with van der Waals surface area (Å²) in [5.74, 6) is -1.12. The molecule has 3 rings (SSSR count). The van der Waals surface area contributed by atoms with Crippen molar-refractivity contribution in [3.8, 4) is 11.1 Å². The van der Waals surface area contributed by atoms with E-state index in [-0.39, 0.29) is 18.0 Å². The Bertz CT molecular complexity index is 1320. The Hall–Kier alpha value is -3.87. The summed E-state index contributed by atoms with van der Waals surface area (Å²) in [6.45, 7) is 9.95. The summed E-state index contributed by atoms with van der Waals surface area (Å²) in [6.07, 6.45) is 1.81. The number of fused-ring (bicyclic) bond motifs is 1. The number of benzene rings is 2. The molecule has 1 N–H and O–H groups in total. The largest absolute Gasteiger partial charge is 0.545 e. The zero-order valence-electron chi connectivity index (χ0n) is 20.8. The van der Waals surface area contributed by atoms with Crippen LogP contribution in [0.4, 0.5) is 4.79 Å². The summed E-state index contributed by atoms with van der Waals surface area (Å²) in [6, 6.07) is 14.8. The number of nitrogens with zero attached hydrogens (tertiary/aromatic N) is 1. The highest BCUT2D eigenvalue weighted by Crippen LogP contribution is 2.32. The van der Waals surface area contributed by atoms with E-state index in [1.807, 2.05) is 44.2 Å². The number of nitrogens with one attached hydrogen (secondary N) is 1. The van der Waals surface area contributed by atoms with Gasteiger partial charge < -0.3 is 24.5 Å². The van der Waals surface area contributed by atoms with Crippen LogP contribution in [0.15, 0.2) is 59.4 Å². The van der Waals surface area contributed by atoms with Gasteiger partial charge in [0.1, 0.15) is 5.60 Å². The SMILES string of the molecule is CC(C)Cn1c(CNC(=O)OC(C)(C)C)c(-c2ccccc2)c2cc(/C=C/C(=O)[O-])ccc2c1=O. The van der Waals surface area contributed by atoms with Crippen LogP contribution in [0.3, 0.4) is 0 Å². The molecule has 35 heavy (non-hydrogen) atoms. The molecule has 0 unspecified atom stereocenters. The van der Waals surface area contributed by atoms with E-state index in [1.54, 1.807) is 43.5 Å². The zero-order chi connectivity index (χ0) is 25.8. The number of alkyl carbamates (subject to hydrolysis) is 1. The van der Waals surface area contributed by atoms with Crippen LogP contribution in [-0.2, 0) is 22.6 Å². The lowest BCUT2D eigenvalue weighted by Gasteiger charge is -2.23. The van der Waals surface area contributed by atoms with Crippen molar-refractivity contribution < 1.29 is 19.4 Å². The van der Waals surface area contributed by atoms with Crippen molar-refractivity contribution in [2.75, 3.05) is 0 Å². The molecule has 184 valence electrons. The van der Waals surface area contributed by atoms with E-state index in [0.717, 1.165) is 17.2 Å². The normalized spacial score (nSPS) is 11.8.